The Balaban J connectivity index is 1.99. The number of carboxylic acid groups (broad SMARTS) is 1. The van der Waals surface area contributed by atoms with Gasteiger partial charge in [-0.2, -0.15) is 0 Å². The Morgan fingerprint density at radius 2 is 2.10 bits per heavy atom. The molecular weight excluding hydrogens is 280 g/mol. The molecule has 108 valence electrons. The number of pyridine rings is 1. The Morgan fingerprint density at radius 3 is 2.71 bits per heavy atom. The summed E-state index contributed by atoms with van der Waals surface area (Å²) in [6, 6.07) is 6.39. The zero-order valence-electron chi connectivity index (χ0n) is 10.8. The second-order valence-electron chi connectivity index (χ2n) is 4.11. The summed E-state index contributed by atoms with van der Waals surface area (Å²) in [5.74, 6) is -1.99. The Morgan fingerprint density at radius 1 is 1.29 bits per heavy atom. The van der Waals surface area contributed by atoms with Gasteiger partial charge in [-0.1, -0.05) is 0 Å². The molecule has 0 saturated carbocycles. The van der Waals surface area contributed by atoms with E-state index in [1.807, 2.05) is 0 Å². The maximum absolute atomic E-state index is 13.4. The van der Waals surface area contributed by atoms with Gasteiger partial charge in [0.2, 0.25) is 0 Å². The second kappa shape index (κ2) is 6.60. The number of nitrogens with zero attached hydrogens (tertiary/aromatic N) is 1. The van der Waals surface area contributed by atoms with E-state index in [9.17, 15) is 13.6 Å². The van der Waals surface area contributed by atoms with Crippen molar-refractivity contribution in [1.82, 2.24) is 4.98 Å². The lowest BCUT2D eigenvalue weighted by Crippen LogP contribution is -1.99. The van der Waals surface area contributed by atoms with Crippen LogP contribution in [0.15, 0.2) is 42.6 Å². The number of benzene rings is 1. The fraction of sp³-hybridized carbons (Fsp3) is 0.0667. The predicted octanol–water partition coefficient (Wildman–Crippen LogP) is 3.04. The lowest BCUT2D eigenvalue weighted by molar-refractivity contribution is -0.131. The van der Waals surface area contributed by atoms with Crippen molar-refractivity contribution in [1.29, 1.82) is 0 Å². The molecule has 0 amide bonds. The zero-order valence-corrected chi connectivity index (χ0v) is 10.8. The number of carbonyl (C=O) groups is 1. The molecule has 0 unspecified atom stereocenters. The van der Waals surface area contributed by atoms with E-state index in [4.69, 9.17) is 9.84 Å². The Hall–Kier alpha value is -2.76. The van der Waals surface area contributed by atoms with Gasteiger partial charge in [0.15, 0.2) is 0 Å². The summed E-state index contributed by atoms with van der Waals surface area (Å²) in [6.07, 6.45) is 3.70. The van der Waals surface area contributed by atoms with Crippen LogP contribution in [0.4, 0.5) is 8.78 Å². The third kappa shape index (κ3) is 4.38. The molecule has 6 heteroatoms. The molecule has 0 atom stereocenters. The van der Waals surface area contributed by atoms with E-state index in [1.54, 1.807) is 12.1 Å². The molecule has 0 bridgehead atoms. The first kappa shape index (κ1) is 14.6. The third-order valence-electron chi connectivity index (χ3n) is 2.57. The minimum Gasteiger partial charge on any atom is -0.487 e. The Labute approximate surface area is 119 Å². The number of carboxylic acids is 1. The van der Waals surface area contributed by atoms with Gasteiger partial charge in [-0.25, -0.2) is 13.6 Å². The van der Waals surface area contributed by atoms with Crippen LogP contribution < -0.4 is 4.74 Å². The molecule has 21 heavy (non-hydrogen) atoms. The van der Waals surface area contributed by atoms with Crippen molar-refractivity contribution < 1.29 is 23.4 Å². The molecule has 1 heterocycles. The van der Waals surface area contributed by atoms with E-state index in [1.165, 1.54) is 18.3 Å². The molecule has 1 N–H and O–H groups in total. The van der Waals surface area contributed by atoms with Gasteiger partial charge >= 0.3 is 5.97 Å². The number of hydrogen-bond donors (Lipinski definition) is 1. The van der Waals surface area contributed by atoms with Gasteiger partial charge in [0.25, 0.3) is 0 Å². The first-order chi connectivity index (χ1) is 10.0. The molecule has 2 aromatic rings. The molecule has 1 aromatic carbocycles. The van der Waals surface area contributed by atoms with Gasteiger partial charge in [-0.3, -0.25) is 4.98 Å². The summed E-state index contributed by atoms with van der Waals surface area (Å²) in [6.45, 7) is -0.0574. The zero-order chi connectivity index (χ0) is 15.2. The minimum atomic E-state index is -1.07. The van der Waals surface area contributed by atoms with Gasteiger partial charge < -0.3 is 9.84 Å². The highest BCUT2D eigenvalue weighted by atomic mass is 19.1. The lowest BCUT2D eigenvalue weighted by Gasteiger charge is -2.07. The molecule has 2 rings (SSSR count). The molecule has 4 nitrogen and oxygen atoms in total. The van der Waals surface area contributed by atoms with Crippen LogP contribution in [0, 0.1) is 11.6 Å². The molecule has 0 spiro atoms. The number of aliphatic carboxylic acids is 1. The SMILES string of the molecule is O=C(O)C=Cc1ccc(OCc2ccc(F)cc2F)cn1. The highest BCUT2D eigenvalue weighted by Gasteiger charge is 2.04. The molecule has 0 fully saturated rings. The summed E-state index contributed by atoms with van der Waals surface area (Å²) in [5.41, 5.74) is 0.684. The maximum Gasteiger partial charge on any atom is 0.328 e. The van der Waals surface area contributed by atoms with Crippen molar-refractivity contribution in [3.8, 4) is 5.75 Å². The topological polar surface area (TPSA) is 59.4 Å². The smallest absolute Gasteiger partial charge is 0.328 e. The van der Waals surface area contributed by atoms with Crippen LogP contribution in [0.2, 0.25) is 0 Å². The second-order valence-corrected chi connectivity index (χ2v) is 4.11. The van der Waals surface area contributed by atoms with Crippen LogP contribution >= 0.6 is 0 Å². The number of rotatable bonds is 5. The highest BCUT2D eigenvalue weighted by molar-refractivity contribution is 5.84. The van der Waals surface area contributed by atoms with Gasteiger partial charge in [0.1, 0.15) is 24.0 Å². The maximum atomic E-state index is 13.4. The summed E-state index contributed by atoms with van der Waals surface area (Å²) in [7, 11) is 0. The number of hydrogen-bond acceptors (Lipinski definition) is 3. The highest BCUT2D eigenvalue weighted by Crippen LogP contribution is 2.15. The molecule has 0 saturated heterocycles. The fourth-order valence-electron chi connectivity index (χ4n) is 1.53. The Kier molecular flexibility index (Phi) is 4.61. The van der Waals surface area contributed by atoms with Crippen molar-refractivity contribution in [3.63, 3.8) is 0 Å². The van der Waals surface area contributed by atoms with Crippen molar-refractivity contribution in [3.05, 3.63) is 65.5 Å². The van der Waals surface area contributed by atoms with Crippen LogP contribution in [-0.2, 0) is 11.4 Å². The lowest BCUT2D eigenvalue weighted by atomic mass is 10.2. The van der Waals surface area contributed by atoms with Gasteiger partial charge in [0, 0.05) is 17.7 Å². The van der Waals surface area contributed by atoms with E-state index < -0.39 is 17.6 Å². The van der Waals surface area contributed by atoms with Crippen molar-refractivity contribution in [2.45, 2.75) is 6.61 Å². The predicted molar refractivity (Wildman–Crippen MR) is 71.6 cm³/mol. The molecule has 1 aromatic heterocycles. The van der Waals surface area contributed by atoms with Crippen molar-refractivity contribution >= 4 is 12.0 Å². The van der Waals surface area contributed by atoms with Gasteiger partial charge in [0.05, 0.1) is 11.9 Å². The van der Waals surface area contributed by atoms with E-state index in [2.05, 4.69) is 4.98 Å². The van der Waals surface area contributed by atoms with Crippen molar-refractivity contribution in [2.75, 3.05) is 0 Å². The largest absolute Gasteiger partial charge is 0.487 e. The van der Waals surface area contributed by atoms with Crippen molar-refractivity contribution in [2.24, 2.45) is 0 Å². The fourth-order valence-corrected chi connectivity index (χ4v) is 1.53. The first-order valence-electron chi connectivity index (χ1n) is 5.98. The quantitative estimate of drug-likeness (QED) is 0.860. The Bertz CT molecular complexity index is 669. The van der Waals surface area contributed by atoms with Crippen LogP contribution in [0.5, 0.6) is 5.75 Å². The number of aromatic nitrogens is 1. The summed E-state index contributed by atoms with van der Waals surface area (Å²) >= 11 is 0. The number of halogens is 2. The van der Waals surface area contributed by atoms with Crippen LogP contribution in [0.1, 0.15) is 11.3 Å². The monoisotopic (exact) mass is 291 g/mol. The van der Waals surface area contributed by atoms with Crippen LogP contribution in [0.3, 0.4) is 0 Å². The number of ether oxygens (including phenoxy) is 1. The summed E-state index contributed by atoms with van der Waals surface area (Å²) in [5, 5.41) is 8.48. The van der Waals surface area contributed by atoms with E-state index >= 15 is 0 Å². The normalized spacial score (nSPS) is 10.8. The van der Waals surface area contributed by atoms with Crippen LogP contribution in [0.25, 0.3) is 6.08 Å². The van der Waals surface area contributed by atoms with E-state index in [-0.39, 0.29) is 12.2 Å². The first-order valence-corrected chi connectivity index (χ1v) is 5.98. The molecule has 0 aliphatic heterocycles. The molecular formula is C15H11F2NO3. The van der Waals surface area contributed by atoms with E-state index in [0.717, 1.165) is 18.2 Å². The average molecular weight is 291 g/mol. The minimum absolute atomic E-state index is 0.0574. The third-order valence-corrected chi connectivity index (χ3v) is 2.57. The molecule has 0 aliphatic carbocycles. The standard InChI is InChI=1S/C15H11F2NO3/c16-11-2-1-10(14(17)7-11)9-21-13-5-3-12(18-8-13)4-6-15(19)20/h1-8H,9H2,(H,19,20). The van der Waals surface area contributed by atoms with E-state index in [0.29, 0.717) is 11.4 Å². The molecule has 0 radical (unpaired) electrons. The molecule has 0 aliphatic rings. The average Bonchev–Trinajstić information content (AvgIpc) is 2.45. The summed E-state index contributed by atoms with van der Waals surface area (Å²) in [4.78, 5) is 14.3. The van der Waals surface area contributed by atoms with Gasteiger partial charge in [-0.15, -0.1) is 0 Å². The summed E-state index contributed by atoms with van der Waals surface area (Å²) < 4.78 is 31.5. The van der Waals surface area contributed by atoms with Gasteiger partial charge in [-0.05, 0) is 30.3 Å². The van der Waals surface area contributed by atoms with Crippen LogP contribution in [-0.4, -0.2) is 16.1 Å².